The molecule has 5 heteroatoms. The number of nitrogens with zero attached hydrogens (tertiary/aromatic N) is 1. The van der Waals surface area contributed by atoms with E-state index in [-0.39, 0.29) is 12.3 Å². The van der Waals surface area contributed by atoms with Crippen LogP contribution in [-0.4, -0.2) is 28.9 Å². The molecule has 1 heterocycles. The van der Waals surface area contributed by atoms with Crippen molar-refractivity contribution in [1.82, 2.24) is 4.90 Å². The second kappa shape index (κ2) is 6.78. The van der Waals surface area contributed by atoms with Gasteiger partial charge in [-0.3, -0.25) is 9.59 Å². The fraction of sp³-hybridized carbons (Fsp3) is 0.625. The summed E-state index contributed by atoms with van der Waals surface area (Å²) < 4.78 is 4.99. The van der Waals surface area contributed by atoms with Gasteiger partial charge in [-0.1, -0.05) is 25.7 Å². The van der Waals surface area contributed by atoms with Crippen LogP contribution in [0, 0.1) is 5.41 Å². The molecule has 0 atom stereocenters. The molecule has 0 aromatic carbocycles. The molecule has 1 N–H and O–H groups in total. The Hall–Kier alpha value is -1.78. The molecule has 0 radical (unpaired) electrons. The molecule has 21 heavy (non-hydrogen) atoms. The Balaban J connectivity index is 2.02. The average molecular weight is 293 g/mol. The Kier molecular flexibility index (Phi) is 5.04. The van der Waals surface area contributed by atoms with E-state index in [0.29, 0.717) is 19.4 Å². The second-order valence-corrected chi connectivity index (χ2v) is 6.06. The summed E-state index contributed by atoms with van der Waals surface area (Å²) in [7, 11) is 1.71. The van der Waals surface area contributed by atoms with Gasteiger partial charge in [-0.05, 0) is 18.9 Å². The first-order valence-electron chi connectivity index (χ1n) is 7.52. The Morgan fingerprint density at radius 2 is 1.95 bits per heavy atom. The topological polar surface area (TPSA) is 70.8 Å². The van der Waals surface area contributed by atoms with Crippen LogP contribution in [0.5, 0.6) is 0 Å². The number of hydrogen-bond acceptors (Lipinski definition) is 3. The zero-order valence-electron chi connectivity index (χ0n) is 12.5. The Labute approximate surface area is 124 Å². The van der Waals surface area contributed by atoms with Gasteiger partial charge in [0.2, 0.25) is 5.91 Å². The van der Waals surface area contributed by atoms with Gasteiger partial charge in [0.25, 0.3) is 0 Å². The summed E-state index contributed by atoms with van der Waals surface area (Å²) >= 11 is 0. The van der Waals surface area contributed by atoms with E-state index in [0.717, 1.165) is 31.2 Å². The number of carboxylic acid groups (broad SMARTS) is 1. The van der Waals surface area contributed by atoms with Crippen molar-refractivity contribution < 1.29 is 19.1 Å². The molecule has 1 aromatic rings. The number of furan rings is 1. The van der Waals surface area contributed by atoms with Gasteiger partial charge < -0.3 is 14.4 Å². The Morgan fingerprint density at radius 1 is 1.29 bits per heavy atom. The van der Waals surface area contributed by atoms with Crippen LogP contribution in [0.3, 0.4) is 0 Å². The van der Waals surface area contributed by atoms with Crippen molar-refractivity contribution in [3.05, 3.63) is 24.2 Å². The molecule has 5 nitrogen and oxygen atoms in total. The molecule has 0 spiro atoms. The number of aliphatic carboxylic acids is 1. The molecule has 2 rings (SSSR count). The number of amides is 1. The summed E-state index contributed by atoms with van der Waals surface area (Å²) in [6, 6.07) is 1.81. The minimum absolute atomic E-state index is 0.0939. The fourth-order valence-corrected chi connectivity index (χ4v) is 3.04. The van der Waals surface area contributed by atoms with E-state index in [9.17, 15) is 14.7 Å². The standard InChI is InChI=1S/C16H23NO4/c1-17(11-13-6-9-21-12-13)14(18)10-16(15(19)20)7-4-2-3-5-8-16/h6,9,12H,2-5,7-8,10-11H2,1H3,(H,19,20). The lowest BCUT2D eigenvalue weighted by atomic mass is 9.77. The van der Waals surface area contributed by atoms with E-state index in [4.69, 9.17) is 4.42 Å². The Morgan fingerprint density at radius 3 is 2.48 bits per heavy atom. The van der Waals surface area contributed by atoms with Gasteiger partial charge in [0.15, 0.2) is 0 Å². The normalized spacial score (nSPS) is 18.0. The lowest BCUT2D eigenvalue weighted by Crippen LogP contribution is -2.38. The van der Waals surface area contributed by atoms with Gasteiger partial charge in [-0.2, -0.15) is 0 Å². The van der Waals surface area contributed by atoms with Crippen LogP contribution < -0.4 is 0 Å². The first kappa shape index (κ1) is 15.6. The van der Waals surface area contributed by atoms with Crippen LogP contribution in [0.25, 0.3) is 0 Å². The molecule has 0 saturated heterocycles. The molecule has 1 saturated carbocycles. The molecule has 1 aromatic heterocycles. The van der Waals surface area contributed by atoms with Gasteiger partial charge in [-0.25, -0.2) is 0 Å². The smallest absolute Gasteiger partial charge is 0.310 e. The Bertz CT molecular complexity index is 472. The molecule has 0 aliphatic heterocycles. The molecule has 1 fully saturated rings. The zero-order chi connectivity index (χ0) is 15.3. The number of carbonyl (C=O) groups excluding carboxylic acids is 1. The molecule has 0 bridgehead atoms. The van der Waals surface area contributed by atoms with E-state index in [1.165, 1.54) is 0 Å². The van der Waals surface area contributed by atoms with Gasteiger partial charge in [0.05, 0.1) is 17.9 Å². The van der Waals surface area contributed by atoms with Crippen molar-refractivity contribution >= 4 is 11.9 Å². The van der Waals surface area contributed by atoms with Crippen molar-refractivity contribution in [2.45, 2.75) is 51.5 Å². The van der Waals surface area contributed by atoms with Crippen LogP contribution in [0.2, 0.25) is 0 Å². The second-order valence-electron chi connectivity index (χ2n) is 6.06. The summed E-state index contributed by atoms with van der Waals surface area (Å²) in [6.45, 7) is 0.449. The largest absolute Gasteiger partial charge is 0.481 e. The predicted molar refractivity (Wildman–Crippen MR) is 77.6 cm³/mol. The summed E-state index contributed by atoms with van der Waals surface area (Å²) in [5, 5.41) is 9.62. The minimum atomic E-state index is -0.877. The zero-order valence-corrected chi connectivity index (χ0v) is 12.5. The highest BCUT2D eigenvalue weighted by atomic mass is 16.4. The third-order valence-electron chi connectivity index (χ3n) is 4.43. The van der Waals surface area contributed by atoms with Gasteiger partial charge in [-0.15, -0.1) is 0 Å². The predicted octanol–water partition coefficient (Wildman–Crippen LogP) is 3.05. The van der Waals surface area contributed by atoms with Crippen molar-refractivity contribution in [2.75, 3.05) is 7.05 Å². The maximum atomic E-state index is 12.4. The van der Waals surface area contributed by atoms with Crippen molar-refractivity contribution in [3.63, 3.8) is 0 Å². The minimum Gasteiger partial charge on any atom is -0.481 e. The van der Waals surface area contributed by atoms with Gasteiger partial charge >= 0.3 is 5.97 Å². The van der Waals surface area contributed by atoms with Crippen molar-refractivity contribution in [3.8, 4) is 0 Å². The maximum absolute atomic E-state index is 12.4. The van der Waals surface area contributed by atoms with Gasteiger partial charge in [0.1, 0.15) is 0 Å². The van der Waals surface area contributed by atoms with E-state index in [1.54, 1.807) is 24.5 Å². The molecule has 116 valence electrons. The number of rotatable bonds is 5. The molecule has 1 aliphatic carbocycles. The van der Waals surface area contributed by atoms with E-state index < -0.39 is 11.4 Å². The summed E-state index contributed by atoms with van der Waals surface area (Å²) in [5.41, 5.74) is 0.0363. The van der Waals surface area contributed by atoms with Crippen molar-refractivity contribution in [2.24, 2.45) is 5.41 Å². The number of carbonyl (C=O) groups is 2. The molecule has 1 aliphatic rings. The van der Waals surface area contributed by atoms with Crippen LogP contribution in [0.1, 0.15) is 50.5 Å². The summed E-state index contributed by atoms with van der Waals surface area (Å²) in [6.07, 6.45) is 8.39. The SMILES string of the molecule is CN(Cc1ccoc1)C(=O)CC1(C(=O)O)CCCCCC1. The molecular formula is C16H23NO4. The van der Waals surface area contributed by atoms with Crippen LogP contribution in [0.4, 0.5) is 0 Å². The third kappa shape index (κ3) is 3.86. The van der Waals surface area contributed by atoms with E-state index in [2.05, 4.69) is 0 Å². The summed E-state index contributed by atoms with van der Waals surface area (Å²) in [4.78, 5) is 25.7. The monoisotopic (exact) mass is 293 g/mol. The lowest BCUT2D eigenvalue weighted by Gasteiger charge is -2.29. The fourth-order valence-electron chi connectivity index (χ4n) is 3.04. The lowest BCUT2D eigenvalue weighted by molar-refractivity contribution is -0.154. The van der Waals surface area contributed by atoms with Gasteiger partial charge in [0, 0.05) is 25.6 Å². The van der Waals surface area contributed by atoms with Crippen LogP contribution >= 0.6 is 0 Å². The number of hydrogen-bond donors (Lipinski definition) is 1. The molecule has 1 amide bonds. The summed E-state index contributed by atoms with van der Waals surface area (Å²) in [5.74, 6) is -0.935. The quantitative estimate of drug-likeness (QED) is 0.847. The highest BCUT2D eigenvalue weighted by Gasteiger charge is 2.41. The van der Waals surface area contributed by atoms with E-state index in [1.807, 2.05) is 6.07 Å². The number of carboxylic acids is 1. The van der Waals surface area contributed by atoms with Crippen LogP contribution in [-0.2, 0) is 16.1 Å². The highest BCUT2D eigenvalue weighted by molar-refractivity contribution is 5.85. The molecular weight excluding hydrogens is 270 g/mol. The maximum Gasteiger partial charge on any atom is 0.310 e. The first-order chi connectivity index (χ1) is 10.0. The van der Waals surface area contributed by atoms with Crippen molar-refractivity contribution in [1.29, 1.82) is 0 Å². The van der Waals surface area contributed by atoms with E-state index >= 15 is 0 Å². The van der Waals surface area contributed by atoms with Crippen LogP contribution in [0.15, 0.2) is 23.0 Å². The first-order valence-corrected chi connectivity index (χ1v) is 7.52. The third-order valence-corrected chi connectivity index (χ3v) is 4.43. The average Bonchev–Trinajstić information content (AvgIpc) is 2.83. The molecule has 0 unspecified atom stereocenters. The highest BCUT2D eigenvalue weighted by Crippen LogP contribution is 2.39.